The van der Waals surface area contributed by atoms with Crippen molar-refractivity contribution in [2.45, 2.75) is 59.5 Å². The summed E-state index contributed by atoms with van der Waals surface area (Å²) in [6, 6.07) is 0. The molecule has 0 spiro atoms. The molecule has 2 unspecified atom stereocenters. The molecule has 0 radical (unpaired) electrons. The average molecular weight is 406 g/mol. The Morgan fingerprint density at radius 2 is 1.85 bits per heavy atom. The first kappa shape index (κ1) is 22.8. The van der Waals surface area contributed by atoms with Crippen LogP contribution in [0.2, 0.25) is 0 Å². The second-order valence-corrected chi connectivity index (χ2v) is 7.96. The molecule has 1 aromatic heterocycles. The van der Waals surface area contributed by atoms with Crippen LogP contribution in [0.25, 0.3) is 0 Å². The number of alkyl halides is 1. The number of anilines is 1. The molecule has 1 saturated carbocycles. The van der Waals surface area contributed by atoms with Gasteiger partial charge in [-0.15, -0.1) is 11.6 Å². The van der Waals surface area contributed by atoms with E-state index < -0.39 is 0 Å². The summed E-state index contributed by atoms with van der Waals surface area (Å²) in [5.74, 6) is 1.83. The maximum Gasteiger partial charge on any atom is 0.344 e. The Morgan fingerprint density at radius 3 is 2.23 bits per heavy atom. The lowest BCUT2D eigenvalue weighted by Gasteiger charge is -2.37. The first-order chi connectivity index (χ1) is 12.2. The van der Waals surface area contributed by atoms with Crippen molar-refractivity contribution in [3.63, 3.8) is 0 Å². The summed E-state index contributed by atoms with van der Waals surface area (Å²) in [6.07, 6.45) is 3.25. The number of aromatic nitrogens is 2. The van der Waals surface area contributed by atoms with E-state index in [1.54, 1.807) is 6.92 Å². The summed E-state index contributed by atoms with van der Waals surface area (Å²) in [4.78, 5) is 22.1. The van der Waals surface area contributed by atoms with Gasteiger partial charge in [0, 0.05) is 18.0 Å². The Labute approximate surface area is 165 Å². The number of nitrogen functional groups attached to an aromatic ring is 1. The van der Waals surface area contributed by atoms with Gasteiger partial charge < -0.3 is 10.5 Å². The fourth-order valence-corrected chi connectivity index (χ4v) is 3.79. The number of hydrogen-bond acceptors (Lipinski definition) is 5. The standard InChI is InChI=1S/C14H23N3O2.C4H6Cl2O/c1-7-5-8(2)12(9(3)6-7)19-14(18)11-10(4)16-17-13(11)15;5-3-1-2-4(6)7/h7-9,12H,5-6H2,1-4H3,(H3,15,16,17);1-3H2. The van der Waals surface area contributed by atoms with E-state index in [4.69, 9.17) is 33.7 Å². The number of nitrogens with two attached hydrogens (primary N) is 1. The Balaban J connectivity index is 0.000000412. The summed E-state index contributed by atoms with van der Waals surface area (Å²) >= 11 is 10.2. The van der Waals surface area contributed by atoms with Crippen molar-refractivity contribution in [3.8, 4) is 0 Å². The van der Waals surface area contributed by atoms with E-state index in [2.05, 4.69) is 31.0 Å². The zero-order valence-electron chi connectivity index (χ0n) is 15.9. The molecule has 1 aliphatic carbocycles. The van der Waals surface area contributed by atoms with Crippen LogP contribution in [0.15, 0.2) is 0 Å². The lowest BCUT2D eigenvalue weighted by molar-refractivity contribution is -0.111. The molecule has 0 amide bonds. The highest BCUT2D eigenvalue weighted by atomic mass is 35.5. The maximum absolute atomic E-state index is 12.2. The number of H-pyrrole nitrogens is 1. The number of nitrogens with one attached hydrogen (secondary N) is 1. The van der Waals surface area contributed by atoms with E-state index in [1.807, 2.05) is 0 Å². The molecule has 2 rings (SSSR count). The minimum Gasteiger partial charge on any atom is -0.458 e. The molecule has 6 nitrogen and oxygen atoms in total. The van der Waals surface area contributed by atoms with Crippen LogP contribution in [-0.2, 0) is 9.53 Å². The van der Waals surface area contributed by atoms with Gasteiger partial charge in [0.15, 0.2) is 5.82 Å². The van der Waals surface area contributed by atoms with Crippen LogP contribution < -0.4 is 5.73 Å². The number of carbonyl (C=O) groups is 2. The lowest BCUT2D eigenvalue weighted by Crippen LogP contribution is -2.37. The quantitative estimate of drug-likeness (QED) is 0.432. The van der Waals surface area contributed by atoms with Crippen molar-refractivity contribution in [2.75, 3.05) is 11.6 Å². The first-order valence-corrected chi connectivity index (χ1v) is 9.84. The van der Waals surface area contributed by atoms with E-state index >= 15 is 0 Å². The van der Waals surface area contributed by atoms with E-state index in [-0.39, 0.29) is 23.1 Å². The molecule has 1 aromatic rings. The lowest BCUT2D eigenvalue weighted by atomic mass is 9.75. The van der Waals surface area contributed by atoms with Gasteiger partial charge in [0.05, 0.1) is 0 Å². The summed E-state index contributed by atoms with van der Waals surface area (Å²) in [5, 5.41) is 6.24. The fraction of sp³-hybridized carbons (Fsp3) is 0.722. The minimum absolute atomic E-state index is 0.0302. The summed E-state index contributed by atoms with van der Waals surface area (Å²) in [5.41, 5.74) is 6.73. The number of aryl methyl sites for hydroxylation is 1. The van der Waals surface area contributed by atoms with Gasteiger partial charge in [-0.05, 0) is 55.5 Å². The van der Waals surface area contributed by atoms with Crippen molar-refractivity contribution in [2.24, 2.45) is 17.8 Å². The summed E-state index contributed by atoms with van der Waals surface area (Å²) in [7, 11) is 0. The third-order valence-corrected chi connectivity index (χ3v) is 5.06. The molecule has 1 heterocycles. The number of esters is 1. The molecule has 2 atom stereocenters. The van der Waals surface area contributed by atoms with Crippen molar-refractivity contribution in [1.82, 2.24) is 10.2 Å². The van der Waals surface area contributed by atoms with Crippen molar-refractivity contribution >= 4 is 40.2 Å². The molecule has 0 bridgehead atoms. The van der Waals surface area contributed by atoms with Gasteiger partial charge in [-0.1, -0.05) is 20.8 Å². The van der Waals surface area contributed by atoms with Crippen LogP contribution in [-0.4, -0.2) is 33.4 Å². The van der Waals surface area contributed by atoms with E-state index in [0.717, 1.165) is 12.8 Å². The zero-order valence-corrected chi connectivity index (χ0v) is 17.4. The monoisotopic (exact) mass is 405 g/mol. The zero-order chi connectivity index (χ0) is 19.9. The van der Waals surface area contributed by atoms with E-state index in [1.165, 1.54) is 0 Å². The highest BCUT2D eigenvalue weighted by Gasteiger charge is 2.35. The summed E-state index contributed by atoms with van der Waals surface area (Å²) in [6.45, 7) is 8.32. The van der Waals surface area contributed by atoms with Crippen LogP contribution >= 0.6 is 23.2 Å². The minimum atomic E-state index is -0.359. The normalized spacial score (nSPS) is 25.2. The molecular weight excluding hydrogens is 377 g/mol. The second kappa shape index (κ2) is 10.8. The maximum atomic E-state index is 12.2. The van der Waals surface area contributed by atoms with E-state index in [0.29, 0.717) is 47.7 Å². The van der Waals surface area contributed by atoms with Crippen LogP contribution in [0, 0.1) is 24.7 Å². The molecular formula is C18H29Cl2N3O3. The smallest absolute Gasteiger partial charge is 0.344 e. The highest BCUT2D eigenvalue weighted by molar-refractivity contribution is 6.63. The Kier molecular flexibility index (Phi) is 9.44. The molecule has 0 saturated heterocycles. The van der Waals surface area contributed by atoms with Gasteiger partial charge in [-0.3, -0.25) is 9.89 Å². The number of ether oxygens (including phenoxy) is 1. The molecule has 3 N–H and O–H groups in total. The molecule has 148 valence electrons. The Hall–Kier alpha value is -1.27. The third kappa shape index (κ3) is 6.80. The Morgan fingerprint density at radius 1 is 1.27 bits per heavy atom. The Bertz CT molecular complexity index is 575. The van der Waals surface area contributed by atoms with Crippen molar-refractivity contribution < 1.29 is 14.3 Å². The van der Waals surface area contributed by atoms with Crippen molar-refractivity contribution in [3.05, 3.63) is 11.3 Å². The highest BCUT2D eigenvalue weighted by Crippen LogP contribution is 2.35. The number of aromatic amines is 1. The van der Waals surface area contributed by atoms with Gasteiger partial charge in [0.1, 0.15) is 11.7 Å². The molecule has 8 heteroatoms. The number of carbonyl (C=O) groups excluding carboxylic acids is 2. The van der Waals surface area contributed by atoms with Crippen molar-refractivity contribution in [1.29, 1.82) is 0 Å². The molecule has 1 fully saturated rings. The van der Waals surface area contributed by atoms with Gasteiger partial charge >= 0.3 is 5.97 Å². The number of halogens is 2. The molecule has 26 heavy (non-hydrogen) atoms. The van der Waals surface area contributed by atoms with Crippen LogP contribution in [0.3, 0.4) is 0 Å². The number of rotatable bonds is 5. The molecule has 0 aromatic carbocycles. The number of nitrogens with zero attached hydrogens (tertiary/aromatic N) is 1. The summed E-state index contributed by atoms with van der Waals surface area (Å²) < 4.78 is 5.69. The topological polar surface area (TPSA) is 98.1 Å². The second-order valence-electron chi connectivity index (χ2n) is 7.16. The number of hydrogen-bond donors (Lipinski definition) is 2. The predicted molar refractivity (Wildman–Crippen MR) is 104 cm³/mol. The van der Waals surface area contributed by atoms with Crippen LogP contribution in [0.5, 0.6) is 0 Å². The van der Waals surface area contributed by atoms with Gasteiger partial charge in [-0.2, -0.15) is 5.10 Å². The SMILES string of the molecule is Cc1[nH]nc(N)c1C(=O)OC1C(C)CC(C)CC1C.O=C(Cl)CCCCl. The average Bonchev–Trinajstić information content (AvgIpc) is 2.88. The third-order valence-electron chi connectivity index (χ3n) is 4.60. The fourth-order valence-electron chi connectivity index (χ4n) is 3.52. The largest absolute Gasteiger partial charge is 0.458 e. The first-order valence-electron chi connectivity index (χ1n) is 8.93. The van der Waals surface area contributed by atoms with Gasteiger partial charge in [-0.25, -0.2) is 4.79 Å². The van der Waals surface area contributed by atoms with E-state index in [9.17, 15) is 9.59 Å². The van der Waals surface area contributed by atoms with Gasteiger partial charge in [0.25, 0.3) is 0 Å². The van der Waals surface area contributed by atoms with Crippen LogP contribution in [0.1, 0.15) is 62.5 Å². The van der Waals surface area contributed by atoms with Crippen LogP contribution in [0.4, 0.5) is 5.82 Å². The van der Waals surface area contributed by atoms with Gasteiger partial charge in [0.2, 0.25) is 5.24 Å². The molecule has 0 aliphatic heterocycles. The molecule has 1 aliphatic rings. The predicted octanol–water partition coefficient (Wildman–Crippen LogP) is 4.30.